The number of halogens is 1. The number of hydrogen-bond donors (Lipinski definition) is 0. The number of carbonyl (C=O) groups excluding carboxylic acids is 1. The van der Waals surface area contributed by atoms with Gasteiger partial charge in [-0.15, -0.1) is 0 Å². The van der Waals surface area contributed by atoms with Gasteiger partial charge in [0.25, 0.3) is 0 Å². The van der Waals surface area contributed by atoms with Crippen LogP contribution in [0.15, 0.2) is 33.7 Å². The van der Waals surface area contributed by atoms with Gasteiger partial charge in [0.05, 0.1) is 5.52 Å². The summed E-state index contributed by atoms with van der Waals surface area (Å²) >= 11 is 5.78. The van der Waals surface area contributed by atoms with E-state index in [1.807, 2.05) is 13.8 Å². The molecule has 3 aromatic rings. The Balaban J connectivity index is 2.17. The van der Waals surface area contributed by atoms with E-state index in [1.54, 1.807) is 12.1 Å². The molecule has 0 aliphatic heterocycles. The minimum absolute atomic E-state index is 0.191. The molecular formula is C15H12ClN3O3. The number of ketones is 1. The van der Waals surface area contributed by atoms with Crippen LogP contribution in [0.2, 0.25) is 5.15 Å². The van der Waals surface area contributed by atoms with Gasteiger partial charge < -0.3 is 4.42 Å². The van der Waals surface area contributed by atoms with E-state index in [0.29, 0.717) is 23.2 Å². The highest BCUT2D eigenvalue weighted by Crippen LogP contribution is 2.22. The summed E-state index contributed by atoms with van der Waals surface area (Å²) in [7, 11) is 0. The van der Waals surface area contributed by atoms with Gasteiger partial charge >= 0.3 is 5.76 Å². The molecule has 0 spiro atoms. The summed E-state index contributed by atoms with van der Waals surface area (Å²) < 4.78 is 6.75. The number of oxazole rings is 1. The molecule has 0 fully saturated rings. The van der Waals surface area contributed by atoms with Crippen molar-refractivity contribution in [1.82, 2.24) is 14.5 Å². The Kier molecular flexibility index (Phi) is 3.54. The number of aryl methyl sites for hydroxylation is 2. The molecule has 0 saturated heterocycles. The Labute approximate surface area is 130 Å². The number of hydrogen-bond acceptors (Lipinski definition) is 5. The molecule has 2 aromatic heterocycles. The van der Waals surface area contributed by atoms with E-state index in [1.165, 1.54) is 17.0 Å². The van der Waals surface area contributed by atoms with Crippen molar-refractivity contribution in [2.24, 2.45) is 0 Å². The smallest absolute Gasteiger partial charge is 0.408 e. The Bertz CT molecular complexity index is 943. The third-order valence-electron chi connectivity index (χ3n) is 3.40. The van der Waals surface area contributed by atoms with Gasteiger partial charge in [0.1, 0.15) is 17.2 Å². The van der Waals surface area contributed by atoms with Gasteiger partial charge in [0, 0.05) is 18.2 Å². The van der Waals surface area contributed by atoms with Crippen LogP contribution < -0.4 is 5.76 Å². The zero-order chi connectivity index (χ0) is 15.9. The Hall–Kier alpha value is -2.47. The fraction of sp³-hybridized carbons (Fsp3) is 0.200. The van der Waals surface area contributed by atoms with Crippen molar-refractivity contribution < 1.29 is 9.21 Å². The van der Waals surface area contributed by atoms with Gasteiger partial charge in [0.15, 0.2) is 5.58 Å². The maximum absolute atomic E-state index is 12.5. The van der Waals surface area contributed by atoms with Gasteiger partial charge in [-0.05, 0) is 31.5 Å². The molecule has 0 N–H and O–H groups in total. The Morgan fingerprint density at radius 1 is 1.32 bits per heavy atom. The summed E-state index contributed by atoms with van der Waals surface area (Å²) in [6.45, 7) is 4.19. The first-order valence-electron chi connectivity index (χ1n) is 6.67. The molecule has 112 valence electrons. The summed E-state index contributed by atoms with van der Waals surface area (Å²) in [5.74, 6) is -0.739. The normalized spacial score (nSPS) is 11.0. The molecule has 1 aromatic carbocycles. The van der Waals surface area contributed by atoms with E-state index < -0.39 is 5.76 Å². The van der Waals surface area contributed by atoms with Crippen LogP contribution in [0.1, 0.15) is 28.5 Å². The average Bonchev–Trinajstić information content (AvgIpc) is 2.82. The van der Waals surface area contributed by atoms with Crippen LogP contribution >= 0.6 is 11.6 Å². The van der Waals surface area contributed by atoms with Crippen LogP contribution in [0.4, 0.5) is 0 Å². The van der Waals surface area contributed by atoms with Crippen LogP contribution in [0.3, 0.4) is 0 Å². The van der Waals surface area contributed by atoms with Crippen LogP contribution in [0.25, 0.3) is 11.1 Å². The monoisotopic (exact) mass is 317 g/mol. The summed E-state index contributed by atoms with van der Waals surface area (Å²) in [6, 6.07) is 4.66. The largest absolute Gasteiger partial charge is 0.419 e. The van der Waals surface area contributed by atoms with Crippen molar-refractivity contribution >= 4 is 28.5 Å². The lowest BCUT2D eigenvalue weighted by molar-refractivity contribution is 0.103. The van der Waals surface area contributed by atoms with E-state index >= 15 is 0 Å². The average molecular weight is 318 g/mol. The lowest BCUT2D eigenvalue weighted by Gasteiger charge is -2.04. The number of fused-ring (bicyclic) bond motifs is 1. The first-order valence-corrected chi connectivity index (χ1v) is 7.05. The molecular weight excluding hydrogens is 306 g/mol. The van der Waals surface area contributed by atoms with E-state index in [-0.39, 0.29) is 16.6 Å². The molecule has 6 nitrogen and oxygen atoms in total. The standard InChI is InChI=1S/C15H12ClN3O3/c1-3-19-13-8(2)4-9(5-11(13)22-15(19)21)14(20)10-6-12(16)18-7-17-10/h4-7H,3H2,1-2H3. The Morgan fingerprint density at radius 3 is 2.77 bits per heavy atom. The maximum atomic E-state index is 12.5. The molecule has 2 heterocycles. The third kappa shape index (κ3) is 2.31. The second kappa shape index (κ2) is 5.38. The minimum atomic E-state index is -0.435. The fourth-order valence-corrected chi connectivity index (χ4v) is 2.58. The molecule has 0 amide bonds. The summed E-state index contributed by atoms with van der Waals surface area (Å²) in [5.41, 5.74) is 2.45. The summed E-state index contributed by atoms with van der Waals surface area (Å²) in [6.07, 6.45) is 1.23. The number of aromatic nitrogens is 3. The van der Waals surface area contributed by atoms with Crippen molar-refractivity contribution in [3.05, 3.63) is 57.1 Å². The van der Waals surface area contributed by atoms with Crippen LogP contribution in [0, 0.1) is 6.92 Å². The van der Waals surface area contributed by atoms with Gasteiger partial charge in [-0.3, -0.25) is 9.36 Å². The third-order valence-corrected chi connectivity index (χ3v) is 3.60. The first-order chi connectivity index (χ1) is 10.5. The lowest BCUT2D eigenvalue weighted by atomic mass is 10.0. The van der Waals surface area contributed by atoms with Gasteiger partial charge in [-0.25, -0.2) is 14.8 Å². The van der Waals surface area contributed by atoms with E-state index in [2.05, 4.69) is 9.97 Å². The van der Waals surface area contributed by atoms with Gasteiger partial charge in [-0.1, -0.05) is 11.6 Å². The summed E-state index contributed by atoms with van der Waals surface area (Å²) in [5, 5.41) is 0.194. The quantitative estimate of drug-likeness (QED) is 0.548. The van der Waals surface area contributed by atoms with Crippen molar-refractivity contribution in [2.75, 3.05) is 0 Å². The molecule has 0 aliphatic carbocycles. The SMILES string of the molecule is CCn1c(=O)oc2cc(C(=O)c3cc(Cl)ncn3)cc(C)c21. The van der Waals surface area contributed by atoms with Crippen molar-refractivity contribution in [3.63, 3.8) is 0 Å². The fourth-order valence-electron chi connectivity index (χ4n) is 2.44. The zero-order valence-electron chi connectivity index (χ0n) is 12.0. The van der Waals surface area contributed by atoms with E-state index in [0.717, 1.165) is 5.56 Å². The highest BCUT2D eigenvalue weighted by Gasteiger charge is 2.17. The van der Waals surface area contributed by atoms with Gasteiger partial charge in [0.2, 0.25) is 5.78 Å². The molecule has 22 heavy (non-hydrogen) atoms. The Morgan fingerprint density at radius 2 is 2.09 bits per heavy atom. The zero-order valence-corrected chi connectivity index (χ0v) is 12.7. The molecule has 0 saturated carbocycles. The number of carbonyl (C=O) groups is 1. The molecule has 0 atom stereocenters. The molecule has 0 bridgehead atoms. The van der Waals surface area contributed by atoms with Crippen LogP contribution in [-0.2, 0) is 6.54 Å². The first kappa shape index (κ1) is 14.5. The maximum Gasteiger partial charge on any atom is 0.419 e. The molecule has 0 radical (unpaired) electrons. The van der Waals surface area contributed by atoms with Crippen LogP contribution in [-0.4, -0.2) is 20.3 Å². The van der Waals surface area contributed by atoms with Crippen molar-refractivity contribution in [3.8, 4) is 0 Å². The molecule has 3 rings (SSSR count). The predicted molar refractivity (Wildman–Crippen MR) is 81.4 cm³/mol. The number of nitrogens with zero attached hydrogens (tertiary/aromatic N) is 3. The lowest BCUT2D eigenvalue weighted by Crippen LogP contribution is -2.12. The molecule has 0 unspecified atom stereocenters. The van der Waals surface area contributed by atoms with E-state index in [9.17, 15) is 9.59 Å². The topological polar surface area (TPSA) is 78.0 Å². The number of rotatable bonds is 3. The van der Waals surface area contributed by atoms with Crippen molar-refractivity contribution in [1.29, 1.82) is 0 Å². The van der Waals surface area contributed by atoms with Crippen LogP contribution in [0.5, 0.6) is 0 Å². The number of benzene rings is 1. The molecule has 0 aliphatic rings. The second-order valence-electron chi connectivity index (χ2n) is 4.81. The van der Waals surface area contributed by atoms with E-state index in [4.69, 9.17) is 16.0 Å². The predicted octanol–water partition coefficient (Wildman–Crippen LogP) is 2.60. The van der Waals surface area contributed by atoms with Crippen molar-refractivity contribution in [2.45, 2.75) is 20.4 Å². The highest BCUT2D eigenvalue weighted by molar-refractivity contribution is 6.29. The second-order valence-corrected chi connectivity index (χ2v) is 5.19. The molecule has 7 heteroatoms. The van der Waals surface area contributed by atoms with Gasteiger partial charge in [-0.2, -0.15) is 0 Å². The minimum Gasteiger partial charge on any atom is -0.408 e. The summed E-state index contributed by atoms with van der Waals surface area (Å²) in [4.78, 5) is 31.9. The highest BCUT2D eigenvalue weighted by atomic mass is 35.5.